The molecule has 0 radical (unpaired) electrons. The van der Waals surface area contributed by atoms with Crippen molar-refractivity contribution in [2.45, 2.75) is 6.42 Å². The first-order valence-electron chi connectivity index (χ1n) is 7.63. The van der Waals surface area contributed by atoms with Gasteiger partial charge in [0.2, 0.25) is 12.7 Å². The van der Waals surface area contributed by atoms with Gasteiger partial charge in [-0.1, -0.05) is 6.07 Å². The van der Waals surface area contributed by atoms with Gasteiger partial charge in [-0.3, -0.25) is 9.59 Å². The molecular formula is C18H15N3O4. The number of hydrogen-bond acceptors (Lipinski definition) is 5. The molecule has 0 bridgehead atoms. The smallest absolute Gasteiger partial charge is 0.251 e. The van der Waals surface area contributed by atoms with Crippen molar-refractivity contribution in [1.82, 2.24) is 5.32 Å². The average molecular weight is 337 g/mol. The predicted molar refractivity (Wildman–Crippen MR) is 89.3 cm³/mol. The Morgan fingerprint density at radius 1 is 1.12 bits per heavy atom. The van der Waals surface area contributed by atoms with Crippen LogP contribution in [-0.2, 0) is 4.79 Å². The summed E-state index contributed by atoms with van der Waals surface area (Å²) >= 11 is 0. The van der Waals surface area contributed by atoms with Crippen LogP contribution in [0.25, 0.3) is 0 Å². The topological polar surface area (TPSA) is 100 Å². The lowest BCUT2D eigenvalue weighted by molar-refractivity contribution is -0.116. The zero-order valence-corrected chi connectivity index (χ0v) is 13.2. The summed E-state index contributed by atoms with van der Waals surface area (Å²) in [7, 11) is 0. The van der Waals surface area contributed by atoms with E-state index >= 15 is 0 Å². The second-order valence-corrected chi connectivity index (χ2v) is 5.31. The highest BCUT2D eigenvalue weighted by molar-refractivity contribution is 5.95. The molecule has 7 heteroatoms. The van der Waals surface area contributed by atoms with E-state index in [0.29, 0.717) is 28.3 Å². The van der Waals surface area contributed by atoms with Gasteiger partial charge in [-0.25, -0.2) is 0 Å². The van der Waals surface area contributed by atoms with E-state index in [1.54, 1.807) is 36.4 Å². The van der Waals surface area contributed by atoms with Crippen molar-refractivity contribution in [2.75, 3.05) is 18.7 Å². The number of carbonyl (C=O) groups is 2. The van der Waals surface area contributed by atoms with Crippen molar-refractivity contribution in [3.8, 4) is 17.6 Å². The minimum absolute atomic E-state index is 0.123. The summed E-state index contributed by atoms with van der Waals surface area (Å²) in [6, 6.07) is 13.5. The summed E-state index contributed by atoms with van der Waals surface area (Å²) in [5.74, 6) is 0.672. The van der Waals surface area contributed by atoms with E-state index < -0.39 is 0 Å². The molecule has 2 aromatic rings. The van der Waals surface area contributed by atoms with Gasteiger partial charge in [-0.15, -0.1) is 0 Å². The molecule has 3 rings (SSSR count). The van der Waals surface area contributed by atoms with Crippen LogP contribution in [0, 0.1) is 11.3 Å². The van der Waals surface area contributed by atoms with E-state index in [-0.39, 0.29) is 31.6 Å². The fraction of sp³-hybridized carbons (Fsp3) is 0.167. The maximum absolute atomic E-state index is 12.0. The molecule has 2 N–H and O–H groups in total. The van der Waals surface area contributed by atoms with Crippen molar-refractivity contribution in [3.63, 3.8) is 0 Å². The van der Waals surface area contributed by atoms with Gasteiger partial charge in [-0.05, 0) is 30.3 Å². The molecule has 2 amide bonds. The lowest BCUT2D eigenvalue weighted by Gasteiger charge is -2.07. The van der Waals surface area contributed by atoms with Crippen LogP contribution >= 0.6 is 0 Å². The van der Waals surface area contributed by atoms with Crippen LogP contribution in [-0.4, -0.2) is 25.2 Å². The molecule has 0 aliphatic carbocycles. The Kier molecular flexibility index (Phi) is 4.81. The highest BCUT2D eigenvalue weighted by atomic mass is 16.7. The summed E-state index contributed by atoms with van der Waals surface area (Å²) in [5.41, 5.74) is 1.39. The number of nitrogens with zero attached hydrogens (tertiary/aromatic N) is 1. The Morgan fingerprint density at radius 3 is 2.80 bits per heavy atom. The van der Waals surface area contributed by atoms with Crippen LogP contribution in [0.2, 0.25) is 0 Å². The third-order valence-corrected chi connectivity index (χ3v) is 3.55. The molecule has 0 atom stereocenters. The molecule has 126 valence electrons. The van der Waals surface area contributed by atoms with Gasteiger partial charge in [0.05, 0.1) is 11.6 Å². The van der Waals surface area contributed by atoms with Crippen LogP contribution < -0.4 is 20.1 Å². The van der Waals surface area contributed by atoms with Crippen molar-refractivity contribution in [3.05, 3.63) is 53.6 Å². The molecule has 2 aromatic carbocycles. The number of nitriles is 1. The SMILES string of the molecule is N#Cc1cccc(C(=O)NCCC(=O)Nc2ccc3c(c2)OCO3)c1. The number of fused-ring (bicyclic) bond motifs is 1. The van der Waals surface area contributed by atoms with Crippen LogP contribution in [0.3, 0.4) is 0 Å². The molecule has 0 unspecified atom stereocenters. The number of rotatable bonds is 5. The number of amides is 2. The lowest BCUT2D eigenvalue weighted by Crippen LogP contribution is -2.27. The summed E-state index contributed by atoms with van der Waals surface area (Å²) < 4.78 is 10.5. The first-order valence-corrected chi connectivity index (χ1v) is 7.63. The zero-order valence-electron chi connectivity index (χ0n) is 13.2. The van der Waals surface area contributed by atoms with E-state index in [1.807, 2.05) is 6.07 Å². The fourth-order valence-electron chi connectivity index (χ4n) is 2.32. The highest BCUT2D eigenvalue weighted by Gasteiger charge is 2.14. The van der Waals surface area contributed by atoms with E-state index in [9.17, 15) is 9.59 Å². The van der Waals surface area contributed by atoms with Crippen molar-refractivity contribution in [2.24, 2.45) is 0 Å². The van der Waals surface area contributed by atoms with E-state index in [2.05, 4.69) is 10.6 Å². The van der Waals surface area contributed by atoms with Gasteiger partial charge in [0.15, 0.2) is 11.5 Å². The normalized spacial score (nSPS) is 11.5. The fourth-order valence-corrected chi connectivity index (χ4v) is 2.32. The van der Waals surface area contributed by atoms with E-state index in [4.69, 9.17) is 14.7 Å². The predicted octanol–water partition coefficient (Wildman–Crippen LogP) is 2.05. The summed E-state index contributed by atoms with van der Waals surface area (Å²) in [6.45, 7) is 0.359. The van der Waals surface area contributed by atoms with Crippen LogP contribution in [0.4, 0.5) is 5.69 Å². The number of anilines is 1. The van der Waals surface area contributed by atoms with Gasteiger partial charge in [0.1, 0.15) is 0 Å². The third-order valence-electron chi connectivity index (χ3n) is 3.55. The molecule has 0 saturated carbocycles. The highest BCUT2D eigenvalue weighted by Crippen LogP contribution is 2.34. The van der Waals surface area contributed by atoms with Gasteiger partial charge in [0.25, 0.3) is 5.91 Å². The zero-order chi connectivity index (χ0) is 17.6. The molecule has 0 fully saturated rings. The van der Waals surface area contributed by atoms with E-state index in [0.717, 1.165) is 0 Å². The second kappa shape index (κ2) is 7.36. The minimum atomic E-state index is -0.326. The van der Waals surface area contributed by atoms with E-state index in [1.165, 1.54) is 6.07 Å². The van der Waals surface area contributed by atoms with Gasteiger partial charge in [0, 0.05) is 30.3 Å². The lowest BCUT2D eigenvalue weighted by atomic mass is 10.1. The van der Waals surface area contributed by atoms with Crippen LogP contribution in [0.5, 0.6) is 11.5 Å². The number of nitrogens with one attached hydrogen (secondary N) is 2. The quantitative estimate of drug-likeness (QED) is 0.869. The van der Waals surface area contributed by atoms with Gasteiger partial charge < -0.3 is 20.1 Å². The summed E-state index contributed by atoms with van der Waals surface area (Å²) in [6.07, 6.45) is 0.123. The second-order valence-electron chi connectivity index (χ2n) is 5.31. The van der Waals surface area contributed by atoms with Crippen LogP contribution in [0.15, 0.2) is 42.5 Å². The average Bonchev–Trinajstić information content (AvgIpc) is 3.09. The summed E-state index contributed by atoms with van der Waals surface area (Å²) in [5, 5.41) is 14.2. The molecule has 1 heterocycles. The maximum atomic E-state index is 12.0. The number of carbonyl (C=O) groups excluding carboxylic acids is 2. The maximum Gasteiger partial charge on any atom is 0.251 e. The third kappa shape index (κ3) is 4.06. The standard InChI is InChI=1S/C18H15N3O4/c19-10-12-2-1-3-13(8-12)18(23)20-7-6-17(22)21-14-4-5-15-16(9-14)25-11-24-15/h1-5,8-9H,6-7,11H2,(H,20,23)(H,21,22). The number of hydrogen-bond donors (Lipinski definition) is 2. The minimum Gasteiger partial charge on any atom is -0.454 e. The Bertz CT molecular complexity index is 858. The Balaban J connectivity index is 1.47. The van der Waals surface area contributed by atoms with Crippen molar-refractivity contribution >= 4 is 17.5 Å². The largest absolute Gasteiger partial charge is 0.454 e. The molecule has 1 aliphatic heterocycles. The molecule has 7 nitrogen and oxygen atoms in total. The number of benzene rings is 2. The molecule has 25 heavy (non-hydrogen) atoms. The molecule has 0 saturated heterocycles. The van der Waals surface area contributed by atoms with Gasteiger partial charge in [-0.2, -0.15) is 5.26 Å². The molecule has 1 aliphatic rings. The Labute approximate surface area is 144 Å². The Morgan fingerprint density at radius 2 is 1.96 bits per heavy atom. The van der Waals surface area contributed by atoms with Gasteiger partial charge >= 0.3 is 0 Å². The first kappa shape index (κ1) is 16.3. The molecule has 0 aromatic heterocycles. The van der Waals surface area contributed by atoms with Crippen molar-refractivity contribution < 1.29 is 19.1 Å². The number of ether oxygens (including phenoxy) is 2. The molecule has 0 spiro atoms. The monoisotopic (exact) mass is 337 g/mol. The Hall–Kier alpha value is -3.53. The van der Waals surface area contributed by atoms with Crippen molar-refractivity contribution in [1.29, 1.82) is 5.26 Å². The first-order chi connectivity index (χ1) is 12.2. The van der Waals surface area contributed by atoms with Crippen LogP contribution in [0.1, 0.15) is 22.3 Å². The molecular weight excluding hydrogens is 322 g/mol. The summed E-state index contributed by atoms with van der Waals surface area (Å²) in [4.78, 5) is 24.0.